The summed E-state index contributed by atoms with van der Waals surface area (Å²) < 4.78 is 0. The van der Waals surface area contributed by atoms with Crippen molar-refractivity contribution in [2.75, 3.05) is 0 Å². The molecule has 1 unspecified atom stereocenters. The van der Waals surface area contributed by atoms with Crippen molar-refractivity contribution in [2.45, 2.75) is 19.3 Å². The van der Waals surface area contributed by atoms with Crippen molar-refractivity contribution in [1.29, 1.82) is 0 Å². The lowest BCUT2D eigenvalue weighted by Crippen LogP contribution is -2.25. The maximum absolute atomic E-state index is 12.6. The Balaban J connectivity index is 1.51. The first kappa shape index (κ1) is 16.3. The van der Waals surface area contributed by atoms with Crippen LogP contribution in [0.5, 0.6) is 0 Å². The van der Waals surface area contributed by atoms with E-state index in [1.54, 1.807) is 6.20 Å². The zero-order chi connectivity index (χ0) is 17.9. The van der Waals surface area contributed by atoms with E-state index in [2.05, 4.69) is 29.4 Å². The average molecular weight is 340 g/mol. The molecule has 1 aromatic heterocycles. The average Bonchev–Trinajstić information content (AvgIpc) is 2.69. The molecule has 4 rings (SSSR count). The van der Waals surface area contributed by atoms with Crippen LogP contribution in [-0.2, 0) is 0 Å². The summed E-state index contributed by atoms with van der Waals surface area (Å²) in [5.41, 5.74) is 6.24. The zero-order valence-corrected chi connectivity index (χ0v) is 14.6. The van der Waals surface area contributed by atoms with Crippen molar-refractivity contribution in [3.05, 3.63) is 95.4 Å². The van der Waals surface area contributed by atoms with Gasteiger partial charge in [0.1, 0.15) is 0 Å². The van der Waals surface area contributed by atoms with Gasteiger partial charge in [0, 0.05) is 23.7 Å². The van der Waals surface area contributed by atoms with Gasteiger partial charge in [-0.1, -0.05) is 49.4 Å². The van der Waals surface area contributed by atoms with Gasteiger partial charge in [-0.3, -0.25) is 9.78 Å². The van der Waals surface area contributed by atoms with Gasteiger partial charge in [0.2, 0.25) is 0 Å². The maximum Gasteiger partial charge on any atom is 0.255 e. The topological polar surface area (TPSA) is 42.0 Å². The lowest BCUT2D eigenvalue weighted by Gasteiger charge is -2.22. The van der Waals surface area contributed by atoms with Gasteiger partial charge in [-0.25, -0.2) is 0 Å². The maximum atomic E-state index is 12.6. The van der Waals surface area contributed by atoms with Gasteiger partial charge in [-0.05, 0) is 58.9 Å². The lowest BCUT2D eigenvalue weighted by molar-refractivity contribution is 0.0964. The molecule has 0 saturated carbocycles. The van der Waals surface area contributed by atoms with Crippen LogP contribution in [0.2, 0.25) is 0 Å². The Morgan fingerprint density at radius 1 is 1.00 bits per heavy atom. The number of fused-ring (bicyclic) bond motifs is 1. The minimum absolute atomic E-state index is 0.0689. The molecule has 0 fully saturated rings. The van der Waals surface area contributed by atoms with Gasteiger partial charge in [-0.2, -0.15) is 0 Å². The Morgan fingerprint density at radius 3 is 2.50 bits per heavy atom. The molecule has 1 aliphatic rings. The van der Waals surface area contributed by atoms with Crippen molar-refractivity contribution in [1.82, 2.24) is 10.3 Å². The minimum atomic E-state index is -0.0689. The van der Waals surface area contributed by atoms with Crippen LogP contribution in [0.1, 0.15) is 40.7 Å². The number of carbonyl (C=O) groups is 1. The normalized spacial score (nSPS) is 15.7. The Hall–Kier alpha value is -3.20. The van der Waals surface area contributed by atoms with E-state index in [4.69, 9.17) is 0 Å². The second-order valence-corrected chi connectivity index (χ2v) is 6.68. The fraction of sp³-hybridized carbons (Fsp3) is 0.130. The Morgan fingerprint density at radius 2 is 1.73 bits per heavy atom. The SMILES string of the molecule is CC1CC(NC(=O)c2ccc(-c3ccccc3)cc2)=Cc2ccncc21. The van der Waals surface area contributed by atoms with Crippen molar-refractivity contribution in [3.8, 4) is 11.1 Å². The number of benzene rings is 2. The molecular formula is C23H20N2O. The summed E-state index contributed by atoms with van der Waals surface area (Å²) in [5, 5.41) is 3.07. The number of allylic oxidation sites excluding steroid dienone is 1. The number of hydrogen-bond acceptors (Lipinski definition) is 2. The summed E-state index contributed by atoms with van der Waals surface area (Å²) >= 11 is 0. The largest absolute Gasteiger partial charge is 0.326 e. The second-order valence-electron chi connectivity index (χ2n) is 6.68. The van der Waals surface area contributed by atoms with Crippen LogP contribution >= 0.6 is 0 Å². The standard InChI is InChI=1S/C23H20N2O/c1-16-13-21(14-20-11-12-24-15-22(16)20)25-23(26)19-9-7-18(8-10-19)17-5-3-2-4-6-17/h2-12,14-16H,13H2,1H3,(H,25,26). The van der Waals surface area contributed by atoms with Gasteiger partial charge in [0.15, 0.2) is 0 Å². The highest BCUT2D eigenvalue weighted by molar-refractivity contribution is 5.96. The highest BCUT2D eigenvalue weighted by Crippen LogP contribution is 2.31. The molecule has 0 spiro atoms. The van der Waals surface area contributed by atoms with Crippen molar-refractivity contribution in [3.63, 3.8) is 0 Å². The molecular weight excluding hydrogens is 320 g/mol. The Kier molecular flexibility index (Phi) is 4.36. The van der Waals surface area contributed by atoms with E-state index in [1.807, 2.05) is 60.8 Å². The summed E-state index contributed by atoms with van der Waals surface area (Å²) in [4.78, 5) is 16.8. The third-order valence-corrected chi connectivity index (χ3v) is 4.80. The number of pyridine rings is 1. The van der Waals surface area contributed by atoms with E-state index in [0.29, 0.717) is 11.5 Å². The van der Waals surface area contributed by atoms with Crippen LogP contribution in [0.15, 0.2) is 78.8 Å². The summed E-state index contributed by atoms with van der Waals surface area (Å²) in [5.74, 6) is 0.278. The molecule has 1 N–H and O–H groups in total. The zero-order valence-electron chi connectivity index (χ0n) is 14.6. The molecule has 0 aliphatic heterocycles. The van der Waals surface area contributed by atoms with E-state index in [0.717, 1.165) is 28.8 Å². The van der Waals surface area contributed by atoms with Gasteiger partial charge in [-0.15, -0.1) is 0 Å². The van der Waals surface area contributed by atoms with Gasteiger partial charge >= 0.3 is 0 Å². The first-order valence-electron chi connectivity index (χ1n) is 8.82. The molecule has 3 heteroatoms. The van der Waals surface area contributed by atoms with Gasteiger partial charge < -0.3 is 5.32 Å². The Bertz CT molecular complexity index is 959. The molecule has 0 saturated heterocycles. The second kappa shape index (κ2) is 6.96. The predicted molar refractivity (Wildman–Crippen MR) is 105 cm³/mol. The first-order chi connectivity index (χ1) is 12.7. The van der Waals surface area contributed by atoms with Crippen molar-refractivity contribution < 1.29 is 4.79 Å². The highest BCUT2D eigenvalue weighted by atomic mass is 16.1. The molecule has 2 aromatic carbocycles. The van der Waals surface area contributed by atoms with Gasteiger partial charge in [0.05, 0.1) is 0 Å². The fourth-order valence-corrected chi connectivity index (χ4v) is 3.40. The number of carbonyl (C=O) groups excluding carboxylic acids is 1. The molecule has 1 atom stereocenters. The highest BCUT2D eigenvalue weighted by Gasteiger charge is 2.19. The Labute approximate surface area is 153 Å². The quantitative estimate of drug-likeness (QED) is 0.727. The van der Waals surface area contributed by atoms with E-state index >= 15 is 0 Å². The van der Waals surface area contributed by atoms with Crippen LogP contribution in [0.4, 0.5) is 0 Å². The van der Waals surface area contributed by atoms with Crippen LogP contribution in [-0.4, -0.2) is 10.9 Å². The van der Waals surface area contributed by atoms with E-state index in [9.17, 15) is 4.79 Å². The third kappa shape index (κ3) is 3.29. The summed E-state index contributed by atoms with van der Waals surface area (Å²) in [6.07, 6.45) is 6.56. The molecule has 0 bridgehead atoms. The first-order valence-corrected chi connectivity index (χ1v) is 8.82. The number of amides is 1. The number of rotatable bonds is 3. The molecule has 26 heavy (non-hydrogen) atoms. The molecule has 0 radical (unpaired) electrons. The van der Waals surface area contributed by atoms with Crippen LogP contribution < -0.4 is 5.32 Å². The molecule has 1 amide bonds. The molecule has 3 nitrogen and oxygen atoms in total. The van der Waals surface area contributed by atoms with E-state index in [-0.39, 0.29) is 5.91 Å². The monoisotopic (exact) mass is 340 g/mol. The van der Waals surface area contributed by atoms with E-state index < -0.39 is 0 Å². The smallest absolute Gasteiger partial charge is 0.255 e. The van der Waals surface area contributed by atoms with Crippen LogP contribution in [0, 0.1) is 0 Å². The number of hydrogen-bond donors (Lipinski definition) is 1. The number of nitrogens with one attached hydrogen (secondary N) is 1. The van der Waals surface area contributed by atoms with Crippen LogP contribution in [0.25, 0.3) is 17.2 Å². The molecule has 1 aliphatic carbocycles. The third-order valence-electron chi connectivity index (χ3n) is 4.80. The molecule has 3 aromatic rings. The summed E-state index contributed by atoms with van der Waals surface area (Å²) in [7, 11) is 0. The van der Waals surface area contributed by atoms with Crippen LogP contribution in [0.3, 0.4) is 0 Å². The fourth-order valence-electron chi connectivity index (χ4n) is 3.40. The lowest BCUT2D eigenvalue weighted by atomic mass is 9.88. The van der Waals surface area contributed by atoms with E-state index in [1.165, 1.54) is 5.56 Å². The van der Waals surface area contributed by atoms with Gasteiger partial charge in [0.25, 0.3) is 5.91 Å². The van der Waals surface area contributed by atoms with Crippen molar-refractivity contribution >= 4 is 12.0 Å². The number of nitrogens with zero attached hydrogens (tertiary/aromatic N) is 1. The number of aromatic nitrogens is 1. The van der Waals surface area contributed by atoms with Crippen molar-refractivity contribution in [2.24, 2.45) is 0 Å². The summed E-state index contributed by atoms with van der Waals surface area (Å²) in [6, 6.07) is 19.9. The minimum Gasteiger partial charge on any atom is -0.326 e. The molecule has 128 valence electrons. The molecule has 1 heterocycles. The summed E-state index contributed by atoms with van der Waals surface area (Å²) in [6.45, 7) is 2.16. The predicted octanol–water partition coefficient (Wildman–Crippen LogP) is 5.03.